The van der Waals surface area contributed by atoms with Crippen LogP contribution in [0.3, 0.4) is 0 Å². The third-order valence-corrected chi connectivity index (χ3v) is 9.66. The van der Waals surface area contributed by atoms with Crippen LogP contribution in [0.4, 0.5) is 5.82 Å². The first-order valence-corrected chi connectivity index (χ1v) is 13.7. The number of nitrogens with one attached hydrogen (secondary N) is 1. The zero-order valence-corrected chi connectivity index (χ0v) is 20.7. The lowest BCUT2D eigenvalue weighted by molar-refractivity contribution is -0.124. The van der Waals surface area contributed by atoms with E-state index in [4.69, 9.17) is 0 Å². The van der Waals surface area contributed by atoms with Gasteiger partial charge in [0.05, 0.1) is 0 Å². The molecule has 1 aromatic heterocycles. The molecule has 7 nitrogen and oxygen atoms in total. The molecule has 4 rings (SSSR count). The van der Waals surface area contributed by atoms with Crippen molar-refractivity contribution < 1.29 is 13.2 Å². The van der Waals surface area contributed by atoms with Gasteiger partial charge in [-0.3, -0.25) is 4.79 Å². The number of rotatable bonds is 8. The molecule has 3 fully saturated rings. The van der Waals surface area contributed by atoms with E-state index in [9.17, 15) is 13.2 Å². The summed E-state index contributed by atoms with van der Waals surface area (Å²) < 4.78 is 28.9. The average molecular weight is 463 g/mol. The van der Waals surface area contributed by atoms with Gasteiger partial charge in [-0.05, 0) is 89.7 Å². The third-order valence-electron chi connectivity index (χ3n) is 7.73. The number of carbonyl (C=O) groups excluding carboxylic acids is 1. The topological polar surface area (TPSA) is 82.6 Å². The summed E-state index contributed by atoms with van der Waals surface area (Å²) in [6, 6.07) is 2.87. The fourth-order valence-corrected chi connectivity index (χ4v) is 7.88. The highest BCUT2D eigenvalue weighted by Gasteiger charge is 2.43. The molecule has 1 amide bonds. The number of carbonyl (C=O) groups is 1. The van der Waals surface area contributed by atoms with E-state index in [1.807, 2.05) is 32.6 Å². The first-order chi connectivity index (χ1) is 15.2. The van der Waals surface area contributed by atoms with Gasteiger partial charge >= 0.3 is 0 Å². The maximum atomic E-state index is 13.8. The number of sulfonamides is 1. The molecule has 2 bridgehead atoms. The van der Waals surface area contributed by atoms with Crippen LogP contribution in [0.2, 0.25) is 0 Å². The molecule has 0 spiro atoms. The fourth-order valence-electron chi connectivity index (χ4n) is 6.09. The Bertz CT molecular complexity index is 949. The second kappa shape index (κ2) is 9.29. The molecule has 2 heterocycles. The van der Waals surface area contributed by atoms with Gasteiger partial charge in [0.1, 0.15) is 16.8 Å². The zero-order valence-electron chi connectivity index (χ0n) is 19.9. The number of anilines is 1. The Kier molecular flexibility index (Phi) is 6.82. The number of amides is 1. The molecule has 8 heteroatoms. The SMILES string of the molecule is CCN(c1nc(C)ccc1S(=O)(=O)N1CCC[C@H]1C(=O)NCC1CC2CCC1C2)C(C)C. The molecule has 4 atom stereocenters. The minimum atomic E-state index is -3.85. The van der Waals surface area contributed by atoms with E-state index >= 15 is 0 Å². The first kappa shape index (κ1) is 23.5. The van der Waals surface area contributed by atoms with Crippen molar-refractivity contribution in [1.29, 1.82) is 0 Å². The lowest BCUT2D eigenvalue weighted by Crippen LogP contribution is -2.47. The maximum absolute atomic E-state index is 13.8. The highest BCUT2D eigenvalue weighted by atomic mass is 32.2. The highest BCUT2D eigenvalue weighted by molar-refractivity contribution is 7.89. The molecule has 2 aliphatic carbocycles. The summed E-state index contributed by atoms with van der Waals surface area (Å²) >= 11 is 0. The van der Waals surface area contributed by atoms with Crippen molar-refractivity contribution in [2.75, 3.05) is 24.5 Å². The number of nitrogens with zero attached hydrogens (tertiary/aromatic N) is 3. The Morgan fingerprint density at radius 3 is 2.66 bits per heavy atom. The molecule has 178 valence electrons. The monoisotopic (exact) mass is 462 g/mol. The van der Waals surface area contributed by atoms with E-state index in [1.54, 1.807) is 12.1 Å². The normalized spacial score (nSPS) is 27.9. The molecule has 3 unspecified atom stereocenters. The largest absolute Gasteiger partial charge is 0.354 e. The number of pyridine rings is 1. The summed E-state index contributed by atoms with van der Waals surface area (Å²) in [6.07, 6.45) is 6.39. The van der Waals surface area contributed by atoms with E-state index in [1.165, 1.54) is 30.0 Å². The lowest BCUT2D eigenvalue weighted by atomic mass is 9.89. The third kappa shape index (κ3) is 4.40. The zero-order chi connectivity index (χ0) is 23.0. The van der Waals surface area contributed by atoms with Crippen LogP contribution in [0.15, 0.2) is 17.0 Å². The summed E-state index contributed by atoms with van der Waals surface area (Å²) in [6.45, 7) is 9.65. The summed E-state index contributed by atoms with van der Waals surface area (Å²) in [7, 11) is -3.85. The molecule has 2 saturated carbocycles. The summed E-state index contributed by atoms with van der Waals surface area (Å²) in [5, 5.41) is 3.11. The predicted molar refractivity (Wildman–Crippen MR) is 126 cm³/mol. The number of fused-ring (bicyclic) bond motifs is 2. The number of aryl methyl sites for hydroxylation is 1. The Balaban J connectivity index is 1.53. The Morgan fingerprint density at radius 1 is 1.25 bits per heavy atom. The Morgan fingerprint density at radius 2 is 2.03 bits per heavy atom. The van der Waals surface area contributed by atoms with E-state index in [0.717, 1.165) is 17.5 Å². The molecule has 1 N–H and O–H groups in total. The highest BCUT2D eigenvalue weighted by Crippen LogP contribution is 2.48. The smallest absolute Gasteiger partial charge is 0.247 e. The van der Waals surface area contributed by atoms with Gasteiger partial charge in [0, 0.05) is 31.4 Å². The van der Waals surface area contributed by atoms with Crippen LogP contribution in [0.5, 0.6) is 0 Å². The van der Waals surface area contributed by atoms with E-state index in [-0.39, 0.29) is 16.8 Å². The van der Waals surface area contributed by atoms with Crippen LogP contribution in [-0.4, -0.2) is 55.3 Å². The second-order valence-corrected chi connectivity index (χ2v) is 12.0. The molecular formula is C24H38N4O3S. The summed E-state index contributed by atoms with van der Waals surface area (Å²) in [5.41, 5.74) is 0.777. The fraction of sp³-hybridized carbons (Fsp3) is 0.750. The van der Waals surface area contributed by atoms with Crippen molar-refractivity contribution in [1.82, 2.24) is 14.6 Å². The van der Waals surface area contributed by atoms with Gasteiger partial charge in [-0.2, -0.15) is 4.31 Å². The van der Waals surface area contributed by atoms with Gasteiger partial charge in [0.25, 0.3) is 0 Å². The average Bonchev–Trinajstić information content (AvgIpc) is 3.49. The van der Waals surface area contributed by atoms with Gasteiger partial charge in [-0.1, -0.05) is 6.42 Å². The molecule has 32 heavy (non-hydrogen) atoms. The molecule has 0 radical (unpaired) electrons. The number of hydrogen-bond acceptors (Lipinski definition) is 5. The second-order valence-electron chi connectivity index (χ2n) is 10.1. The minimum absolute atomic E-state index is 0.114. The first-order valence-electron chi connectivity index (χ1n) is 12.3. The molecule has 3 aliphatic rings. The van der Waals surface area contributed by atoms with Crippen LogP contribution in [0.25, 0.3) is 0 Å². The van der Waals surface area contributed by atoms with Crippen molar-refractivity contribution in [3.8, 4) is 0 Å². The van der Waals surface area contributed by atoms with Crippen LogP contribution < -0.4 is 10.2 Å². The molecular weight excluding hydrogens is 424 g/mol. The van der Waals surface area contributed by atoms with Crippen molar-refractivity contribution in [2.24, 2.45) is 17.8 Å². The van der Waals surface area contributed by atoms with Crippen LogP contribution in [0.1, 0.15) is 65.0 Å². The van der Waals surface area contributed by atoms with Crippen LogP contribution >= 0.6 is 0 Å². The molecule has 0 aromatic carbocycles. The van der Waals surface area contributed by atoms with E-state index < -0.39 is 16.1 Å². The van der Waals surface area contributed by atoms with Crippen molar-refractivity contribution >= 4 is 21.7 Å². The van der Waals surface area contributed by atoms with E-state index in [2.05, 4.69) is 10.3 Å². The van der Waals surface area contributed by atoms with Crippen molar-refractivity contribution in [3.63, 3.8) is 0 Å². The summed E-state index contributed by atoms with van der Waals surface area (Å²) in [4.78, 5) is 19.9. The predicted octanol–water partition coefficient (Wildman–Crippen LogP) is 3.33. The van der Waals surface area contributed by atoms with Crippen molar-refractivity contribution in [2.45, 2.75) is 83.2 Å². The van der Waals surface area contributed by atoms with Gasteiger partial charge in [0.2, 0.25) is 15.9 Å². The van der Waals surface area contributed by atoms with Gasteiger partial charge < -0.3 is 10.2 Å². The maximum Gasteiger partial charge on any atom is 0.247 e. The van der Waals surface area contributed by atoms with Crippen LogP contribution in [0, 0.1) is 24.7 Å². The minimum Gasteiger partial charge on any atom is -0.354 e. The van der Waals surface area contributed by atoms with Crippen LogP contribution in [-0.2, 0) is 14.8 Å². The molecule has 1 aliphatic heterocycles. The quantitative estimate of drug-likeness (QED) is 0.641. The van der Waals surface area contributed by atoms with Crippen molar-refractivity contribution in [3.05, 3.63) is 17.8 Å². The Labute approximate surface area is 193 Å². The lowest BCUT2D eigenvalue weighted by Gasteiger charge is -2.31. The molecule has 1 aromatic rings. The van der Waals surface area contributed by atoms with Gasteiger partial charge in [0.15, 0.2) is 0 Å². The van der Waals surface area contributed by atoms with Gasteiger partial charge in [-0.15, -0.1) is 0 Å². The Hall–Kier alpha value is -1.67. The van der Waals surface area contributed by atoms with E-state index in [0.29, 0.717) is 44.2 Å². The standard InChI is InChI=1S/C24H38N4O3S/c1-5-27(16(2)3)23-22(11-8-17(4)26-23)32(30,31)28-12-6-7-21(28)24(29)25-15-20-14-18-9-10-19(20)13-18/h8,11,16,18-21H,5-7,9-10,12-15H2,1-4H3,(H,25,29)/t18?,19?,20?,21-/m0/s1. The molecule has 1 saturated heterocycles. The number of aromatic nitrogens is 1. The number of hydrogen-bond donors (Lipinski definition) is 1. The van der Waals surface area contributed by atoms with Gasteiger partial charge in [-0.25, -0.2) is 13.4 Å². The summed E-state index contributed by atoms with van der Waals surface area (Å²) in [5.74, 6) is 2.46.